The molecule has 0 spiro atoms. The highest BCUT2D eigenvalue weighted by atomic mass is 32.2. The molecule has 0 saturated heterocycles. The maximum atomic E-state index is 14.3. The minimum atomic E-state index is -4.71. The van der Waals surface area contributed by atoms with Crippen molar-refractivity contribution in [1.82, 2.24) is 0 Å². The van der Waals surface area contributed by atoms with E-state index in [1.807, 2.05) is 36.4 Å². The zero-order valence-corrected chi connectivity index (χ0v) is 23.2. The van der Waals surface area contributed by atoms with E-state index in [1.165, 1.54) is 12.1 Å². The second-order valence-corrected chi connectivity index (χ2v) is 12.4. The van der Waals surface area contributed by atoms with Crippen LogP contribution >= 0.6 is 0 Å². The first-order valence-electron chi connectivity index (χ1n) is 13.4. The first-order valence-corrected chi connectivity index (χ1v) is 14.8. The van der Waals surface area contributed by atoms with Crippen LogP contribution in [0.25, 0.3) is 0 Å². The molecule has 6 nitrogen and oxygen atoms in total. The van der Waals surface area contributed by atoms with E-state index in [-0.39, 0.29) is 34.1 Å². The Bertz CT molecular complexity index is 1710. The summed E-state index contributed by atoms with van der Waals surface area (Å²) < 4.78 is 42.0. The number of rotatable bonds is 5. The SMILES string of the molecule is Cc1cc(S(=O)(=O)[O-])c(C(C)C)cc1OC(=O)C1C2c3ccccc3C(c3ccccc32)C1c1ccccc1O. The second kappa shape index (κ2) is 9.61. The van der Waals surface area contributed by atoms with Crippen LogP contribution in [0.5, 0.6) is 11.5 Å². The van der Waals surface area contributed by atoms with Crippen LogP contribution in [-0.4, -0.2) is 24.0 Å². The van der Waals surface area contributed by atoms with E-state index in [0.29, 0.717) is 16.7 Å². The summed E-state index contributed by atoms with van der Waals surface area (Å²) in [6.07, 6.45) is 0. The van der Waals surface area contributed by atoms with Crippen molar-refractivity contribution in [2.45, 2.75) is 49.3 Å². The Labute approximate surface area is 234 Å². The molecule has 7 rings (SSSR count). The largest absolute Gasteiger partial charge is 0.744 e. The predicted molar refractivity (Wildman–Crippen MR) is 150 cm³/mol. The summed E-state index contributed by atoms with van der Waals surface area (Å²) in [6.45, 7) is 5.19. The number of ether oxygens (including phenoxy) is 1. The van der Waals surface area contributed by atoms with Crippen LogP contribution in [0.3, 0.4) is 0 Å². The first-order chi connectivity index (χ1) is 19.1. The molecule has 0 amide bonds. The Morgan fingerprint density at radius 1 is 0.825 bits per heavy atom. The van der Waals surface area contributed by atoms with Gasteiger partial charge in [-0.05, 0) is 70.0 Å². The minimum Gasteiger partial charge on any atom is -0.744 e. The van der Waals surface area contributed by atoms with E-state index >= 15 is 0 Å². The molecule has 0 radical (unpaired) electrons. The van der Waals surface area contributed by atoms with Gasteiger partial charge in [-0.1, -0.05) is 80.6 Å². The molecule has 0 fully saturated rings. The maximum Gasteiger partial charge on any atom is 0.315 e. The van der Waals surface area contributed by atoms with Crippen molar-refractivity contribution in [3.05, 3.63) is 124 Å². The zero-order chi connectivity index (χ0) is 28.3. The van der Waals surface area contributed by atoms with E-state index in [2.05, 4.69) is 24.3 Å². The summed E-state index contributed by atoms with van der Waals surface area (Å²) in [5, 5.41) is 11.0. The third-order valence-corrected chi connectivity index (χ3v) is 9.31. The quantitative estimate of drug-likeness (QED) is 0.176. The van der Waals surface area contributed by atoms with Crippen LogP contribution in [0.1, 0.15) is 76.5 Å². The van der Waals surface area contributed by atoms with E-state index in [9.17, 15) is 22.9 Å². The van der Waals surface area contributed by atoms with Gasteiger partial charge in [0.05, 0.1) is 10.8 Å². The van der Waals surface area contributed by atoms with Gasteiger partial charge in [0.2, 0.25) is 0 Å². The van der Waals surface area contributed by atoms with Gasteiger partial charge in [0.1, 0.15) is 21.6 Å². The highest BCUT2D eigenvalue weighted by Crippen LogP contribution is 2.62. The molecule has 7 heteroatoms. The fourth-order valence-electron chi connectivity index (χ4n) is 6.73. The number of esters is 1. The summed E-state index contributed by atoms with van der Waals surface area (Å²) in [5.41, 5.74) is 5.75. The van der Waals surface area contributed by atoms with Gasteiger partial charge in [-0.2, -0.15) is 0 Å². The van der Waals surface area contributed by atoms with Crippen molar-refractivity contribution >= 4 is 16.1 Å². The molecule has 2 atom stereocenters. The lowest BCUT2D eigenvalue weighted by molar-refractivity contribution is -0.141. The smallest absolute Gasteiger partial charge is 0.315 e. The van der Waals surface area contributed by atoms with Gasteiger partial charge in [0.15, 0.2) is 0 Å². The average Bonchev–Trinajstić information content (AvgIpc) is 2.93. The molecule has 204 valence electrons. The average molecular weight is 554 g/mol. The third kappa shape index (κ3) is 4.12. The Hall–Kier alpha value is -3.94. The number of hydrogen-bond donors (Lipinski definition) is 1. The molecule has 4 aromatic rings. The molecular formula is C33H29O6S-. The molecule has 0 heterocycles. The van der Waals surface area contributed by atoms with Gasteiger partial charge in [-0.3, -0.25) is 4.79 Å². The monoisotopic (exact) mass is 553 g/mol. The molecule has 2 bridgehead atoms. The van der Waals surface area contributed by atoms with Crippen molar-refractivity contribution < 1.29 is 27.6 Å². The van der Waals surface area contributed by atoms with Crippen molar-refractivity contribution in [2.75, 3.05) is 0 Å². The zero-order valence-electron chi connectivity index (χ0n) is 22.4. The number of fused-ring (bicyclic) bond motifs is 1. The number of para-hydroxylation sites is 1. The first kappa shape index (κ1) is 26.3. The Balaban J connectivity index is 1.52. The molecule has 40 heavy (non-hydrogen) atoms. The highest BCUT2D eigenvalue weighted by molar-refractivity contribution is 7.85. The summed E-state index contributed by atoms with van der Waals surface area (Å²) in [4.78, 5) is 14.0. The molecule has 0 aliphatic heterocycles. The van der Waals surface area contributed by atoms with Crippen LogP contribution in [0.4, 0.5) is 0 Å². The summed E-state index contributed by atoms with van der Waals surface area (Å²) in [5.74, 6) is -1.94. The van der Waals surface area contributed by atoms with Gasteiger partial charge >= 0.3 is 5.97 Å². The van der Waals surface area contributed by atoms with Crippen LogP contribution < -0.4 is 4.74 Å². The van der Waals surface area contributed by atoms with Crippen molar-refractivity contribution in [1.29, 1.82) is 0 Å². The Morgan fingerprint density at radius 3 is 1.82 bits per heavy atom. The number of hydrogen-bond acceptors (Lipinski definition) is 6. The maximum absolute atomic E-state index is 14.3. The van der Waals surface area contributed by atoms with E-state index in [4.69, 9.17) is 4.74 Å². The molecule has 4 aromatic carbocycles. The number of aromatic hydroxyl groups is 1. The lowest BCUT2D eigenvalue weighted by Crippen LogP contribution is -2.44. The third-order valence-electron chi connectivity index (χ3n) is 8.41. The fourth-order valence-corrected chi connectivity index (χ4v) is 7.64. The van der Waals surface area contributed by atoms with Crippen LogP contribution in [-0.2, 0) is 14.9 Å². The van der Waals surface area contributed by atoms with Crippen molar-refractivity contribution in [3.63, 3.8) is 0 Å². The lowest BCUT2D eigenvalue weighted by Gasteiger charge is -2.49. The topological polar surface area (TPSA) is 104 Å². The molecule has 3 aliphatic rings. The minimum absolute atomic E-state index is 0.121. The van der Waals surface area contributed by atoms with Gasteiger partial charge in [-0.15, -0.1) is 0 Å². The lowest BCUT2D eigenvalue weighted by atomic mass is 9.53. The predicted octanol–water partition coefficient (Wildman–Crippen LogP) is 6.32. The molecule has 1 N–H and O–H groups in total. The van der Waals surface area contributed by atoms with Crippen LogP contribution in [0, 0.1) is 12.8 Å². The number of carbonyl (C=O) groups excluding carboxylic acids is 1. The number of phenols is 1. The Kier molecular flexibility index (Phi) is 6.32. The molecule has 2 unspecified atom stereocenters. The second-order valence-electron chi connectivity index (χ2n) is 11.0. The number of carbonyl (C=O) groups is 1. The van der Waals surface area contributed by atoms with Crippen molar-refractivity contribution in [2.24, 2.45) is 5.92 Å². The van der Waals surface area contributed by atoms with Gasteiger partial charge in [0.25, 0.3) is 0 Å². The van der Waals surface area contributed by atoms with Crippen LogP contribution in [0.15, 0.2) is 89.8 Å². The van der Waals surface area contributed by atoms with Gasteiger partial charge in [-0.25, -0.2) is 8.42 Å². The van der Waals surface area contributed by atoms with Gasteiger partial charge < -0.3 is 14.4 Å². The summed E-state index contributed by atoms with van der Waals surface area (Å²) in [7, 11) is -4.71. The summed E-state index contributed by atoms with van der Waals surface area (Å²) >= 11 is 0. The number of aryl methyl sites for hydroxylation is 1. The number of benzene rings is 4. The van der Waals surface area contributed by atoms with Gasteiger partial charge in [0, 0.05) is 17.8 Å². The molecule has 3 aliphatic carbocycles. The summed E-state index contributed by atoms with van der Waals surface area (Å²) in [6, 6.07) is 26.2. The number of phenolic OH excluding ortho intramolecular Hbond substituents is 1. The van der Waals surface area contributed by atoms with Crippen LogP contribution in [0.2, 0.25) is 0 Å². The molecule has 0 aromatic heterocycles. The van der Waals surface area contributed by atoms with E-state index in [1.54, 1.807) is 32.9 Å². The fraction of sp³-hybridized carbons (Fsp3) is 0.242. The molecular weight excluding hydrogens is 524 g/mol. The highest BCUT2D eigenvalue weighted by Gasteiger charge is 2.54. The molecule has 0 saturated carbocycles. The Morgan fingerprint density at radius 2 is 1.32 bits per heavy atom. The standard InChI is InChI=1S/C33H30O6S/c1-18(2)25-17-27(19(3)16-28(25)40(36,37)38)39-33(35)32-30-22-12-6-4-10-20(22)29(21-11-5-7-13-23(21)30)31(32)24-14-8-9-15-26(24)34/h4-18,29-32,34H,1-3H3,(H,36,37,38)/p-1. The van der Waals surface area contributed by atoms with E-state index in [0.717, 1.165) is 22.3 Å². The van der Waals surface area contributed by atoms with Crippen molar-refractivity contribution in [3.8, 4) is 11.5 Å². The normalized spacial score (nSPS) is 21.1. The van der Waals surface area contributed by atoms with E-state index < -0.39 is 27.9 Å².